The van der Waals surface area contributed by atoms with Gasteiger partial charge in [0.2, 0.25) is 5.91 Å². The molecule has 1 aliphatic carbocycles. The smallest absolute Gasteiger partial charge is 0.224 e. The van der Waals surface area contributed by atoms with Gasteiger partial charge in [-0.2, -0.15) is 0 Å². The van der Waals surface area contributed by atoms with E-state index in [-0.39, 0.29) is 11.8 Å². The SMILES string of the molecule is Cc1oc2ccccc2c1CC(CN)C(=O)NC1CC1. The molecule has 4 heteroatoms. The number of hydrogen-bond donors (Lipinski definition) is 2. The second-order valence-electron chi connectivity index (χ2n) is 5.55. The summed E-state index contributed by atoms with van der Waals surface area (Å²) >= 11 is 0. The number of amides is 1. The van der Waals surface area contributed by atoms with E-state index in [1.165, 1.54) is 0 Å². The monoisotopic (exact) mass is 272 g/mol. The maximum Gasteiger partial charge on any atom is 0.224 e. The molecule has 1 heterocycles. The fourth-order valence-electron chi connectivity index (χ4n) is 2.55. The van der Waals surface area contributed by atoms with Crippen molar-refractivity contribution in [1.29, 1.82) is 0 Å². The van der Waals surface area contributed by atoms with Gasteiger partial charge in [-0.3, -0.25) is 4.79 Å². The molecular formula is C16H20N2O2. The molecule has 2 aromatic rings. The molecule has 4 nitrogen and oxygen atoms in total. The minimum atomic E-state index is -0.185. The van der Waals surface area contributed by atoms with E-state index in [2.05, 4.69) is 5.32 Å². The molecule has 0 aliphatic heterocycles. The van der Waals surface area contributed by atoms with Crippen LogP contribution in [-0.2, 0) is 11.2 Å². The zero-order valence-corrected chi connectivity index (χ0v) is 11.7. The van der Waals surface area contributed by atoms with E-state index in [1.807, 2.05) is 31.2 Å². The lowest BCUT2D eigenvalue weighted by Gasteiger charge is -2.14. The van der Waals surface area contributed by atoms with Crippen molar-refractivity contribution < 1.29 is 9.21 Å². The van der Waals surface area contributed by atoms with Gasteiger partial charge in [0.1, 0.15) is 11.3 Å². The van der Waals surface area contributed by atoms with Crippen molar-refractivity contribution in [2.45, 2.75) is 32.2 Å². The third-order valence-corrected chi connectivity index (χ3v) is 3.93. The number of nitrogens with one attached hydrogen (secondary N) is 1. The van der Waals surface area contributed by atoms with Crippen molar-refractivity contribution >= 4 is 16.9 Å². The summed E-state index contributed by atoms with van der Waals surface area (Å²) in [4.78, 5) is 12.2. The van der Waals surface area contributed by atoms with Crippen molar-refractivity contribution in [2.24, 2.45) is 11.7 Å². The lowest BCUT2D eigenvalue weighted by atomic mass is 9.96. The number of carbonyl (C=O) groups excluding carboxylic acids is 1. The number of hydrogen-bond acceptors (Lipinski definition) is 3. The van der Waals surface area contributed by atoms with Gasteiger partial charge in [-0.25, -0.2) is 0 Å². The Morgan fingerprint density at radius 3 is 2.90 bits per heavy atom. The predicted octanol–water partition coefficient (Wildman–Crippen LogP) is 2.14. The van der Waals surface area contributed by atoms with Gasteiger partial charge in [0.25, 0.3) is 0 Å². The molecule has 0 radical (unpaired) electrons. The molecule has 1 aromatic heterocycles. The highest BCUT2D eigenvalue weighted by Gasteiger charge is 2.28. The van der Waals surface area contributed by atoms with Crippen LogP contribution in [0, 0.1) is 12.8 Å². The molecule has 1 fully saturated rings. The van der Waals surface area contributed by atoms with Gasteiger partial charge in [-0.15, -0.1) is 0 Å². The first kappa shape index (κ1) is 13.2. The van der Waals surface area contributed by atoms with E-state index in [4.69, 9.17) is 10.2 Å². The zero-order chi connectivity index (χ0) is 14.1. The molecule has 3 rings (SSSR count). The number of carbonyl (C=O) groups is 1. The second-order valence-corrected chi connectivity index (χ2v) is 5.55. The van der Waals surface area contributed by atoms with Crippen LogP contribution in [0.3, 0.4) is 0 Å². The topological polar surface area (TPSA) is 68.3 Å². The highest BCUT2D eigenvalue weighted by Crippen LogP contribution is 2.28. The quantitative estimate of drug-likeness (QED) is 0.876. The van der Waals surface area contributed by atoms with Gasteiger partial charge in [0, 0.05) is 23.5 Å². The predicted molar refractivity (Wildman–Crippen MR) is 78.4 cm³/mol. The summed E-state index contributed by atoms with van der Waals surface area (Å²) in [6, 6.07) is 8.30. The standard InChI is InChI=1S/C16H20N2O2/c1-10-14(13-4-2-3-5-15(13)20-10)8-11(9-17)16(19)18-12-6-7-12/h2-5,11-12H,6-9,17H2,1H3,(H,18,19). The third kappa shape index (κ3) is 2.56. The van der Waals surface area contributed by atoms with Crippen LogP contribution in [0.1, 0.15) is 24.2 Å². The van der Waals surface area contributed by atoms with Gasteiger partial charge in [0.05, 0.1) is 5.92 Å². The van der Waals surface area contributed by atoms with E-state index in [1.54, 1.807) is 0 Å². The normalized spacial score (nSPS) is 16.3. The molecular weight excluding hydrogens is 252 g/mol. The lowest BCUT2D eigenvalue weighted by molar-refractivity contribution is -0.124. The molecule has 106 valence electrons. The van der Waals surface area contributed by atoms with Gasteiger partial charge in [-0.05, 0) is 32.3 Å². The molecule has 0 bridgehead atoms. The summed E-state index contributed by atoms with van der Waals surface area (Å²) in [5.74, 6) is 0.763. The zero-order valence-electron chi connectivity index (χ0n) is 11.7. The summed E-state index contributed by atoms with van der Waals surface area (Å²) in [6.45, 7) is 2.30. The largest absolute Gasteiger partial charge is 0.461 e. The van der Waals surface area contributed by atoms with Crippen molar-refractivity contribution in [1.82, 2.24) is 5.32 Å². The van der Waals surface area contributed by atoms with Crippen molar-refractivity contribution in [3.8, 4) is 0 Å². The summed E-state index contributed by atoms with van der Waals surface area (Å²) in [5, 5.41) is 4.12. The molecule has 1 amide bonds. The number of aryl methyl sites for hydroxylation is 1. The Labute approximate surface area is 118 Å². The lowest BCUT2D eigenvalue weighted by Crippen LogP contribution is -2.37. The van der Waals surface area contributed by atoms with Gasteiger partial charge in [0.15, 0.2) is 0 Å². The van der Waals surface area contributed by atoms with Crippen LogP contribution in [0.5, 0.6) is 0 Å². The molecule has 1 unspecified atom stereocenters. The number of para-hydroxylation sites is 1. The Bertz CT molecular complexity index is 628. The third-order valence-electron chi connectivity index (χ3n) is 3.93. The summed E-state index contributed by atoms with van der Waals surface area (Å²) in [6.07, 6.45) is 2.82. The molecule has 1 saturated carbocycles. The highest BCUT2D eigenvalue weighted by atomic mass is 16.3. The van der Waals surface area contributed by atoms with Crippen molar-refractivity contribution in [3.63, 3.8) is 0 Å². The van der Waals surface area contributed by atoms with E-state index in [0.717, 1.165) is 35.1 Å². The van der Waals surface area contributed by atoms with Crippen molar-refractivity contribution in [2.75, 3.05) is 6.54 Å². The number of fused-ring (bicyclic) bond motifs is 1. The van der Waals surface area contributed by atoms with E-state index in [0.29, 0.717) is 19.0 Å². The summed E-state index contributed by atoms with van der Waals surface area (Å²) in [7, 11) is 0. The molecule has 0 spiro atoms. The number of rotatable bonds is 5. The van der Waals surface area contributed by atoms with E-state index < -0.39 is 0 Å². The molecule has 1 aliphatic rings. The first-order chi connectivity index (χ1) is 9.69. The maximum absolute atomic E-state index is 12.2. The Balaban J connectivity index is 1.82. The van der Waals surface area contributed by atoms with Crippen LogP contribution in [0.25, 0.3) is 11.0 Å². The number of furan rings is 1. The first-order valence-electron chi connectivity index (χ1n) is 7.16. The van der Waals surface area contributed by atoms with Crippen LogP contribution in [0.4, 0.5) is 0 Å². The molecule has 20 heavy (non-hydrogen) atoms. The maximum atomic E-state index is 12.2. The van der Waals surface area contributed by atoms with E-state index in [9.17, 15) is 4.79 Å². The van der Waals surface area contributed by atoms with Crippen molar-refractivity contribution in [3.05, 3.63) is 35.6 Å². The Hall–Kier alpha value is -1.81. The van der Waals surface area contributed by atoms with E-state index >= 15 is 0 Å². The Kier molecular flexibility index (Phi) is 3.49. The molecule has 1 atom stereocenters. The fraction of sp³-hybridized carbons (Fsp3) is 0.438. The number of nitrogens with two attached hydrogens (primary N) is 1. The van der Waals surface area contributed by atoms with Crippen LogP contribution in [-0.4, -0.2) is 18.5 Å². The molecule has 1 aromatic carbocycles. The Morgan fingerprint density at radius 1 is 1.45 bits per heavy atom. The van der Waals surface area contributed by atoms with Gasteiger partial charge >= 0.3 is 0 Å². The Morgan fingerprint density at radius 2 is 2.20 bits per heavy atom. The van der Waals surface area contributed by atoms with Crippen LogP contribution >= 0.6 is 0 Å². The average Bonchev–Trinajstić information content (AvgIpc) is 3.19. The van der Waals surface area contributed by atoms with Crippen LogP contribution in [0.15, 0.2) is 28.7 Å². The number of benzene rings is 1. The molecule has 3 N–H and O–H groups in total. The van der Waals surface area contributed by atoms with Gasteiger partial charge in [-0.1, -0.05) is 18.2 Å². The first-order valence-corrected chi connectivity index (χ1v) is 7.16. The molecule has 0 saturated heterocycles. The van der Waals surface area contributed by atoms with Gasteiger partial charge < -0.3 is 15.5 Å². The summed E-state index contributed by atoms with van der Waals surface area (Å²) < 4.78 is 5.75. The minimum absolute atomic E-state index is 0.0691. The summed E-state index contributed by atoms with van der Waals surface area (Å²) in [5.41, 5.74) is 7.76. The fourth-order valence-corrected chi connectivity index (χ4v) is 2.55. The minimum Gasteiger partial charge on any atom is -0.461 e. The second kappa shape index (κ2) is 5.29. The average molecular weight is 272 g/mol. The highest BCUT2D eigenvalue weighted by molar-refractivity contribution is 5.84. The van der Waals surface area contributed by atoms with Crippen LogP contribution in [0.2, 0.25) is 0 Å². The van der Waals surface area contributed by atoms with Crippen LogP contribution < -0.4 is 11.1 Å².